The first-order valence-electron chi connectivity index (χ1n) is 7.14. The van der Waals surface area contributed by atoms with Crippen LogP contribution in [-0.4, -0.2) is 35.2 Å². The van der Waals surface area contributed by atoms with Crippen molar-refractivity contribution in [3.8, 4) is 11.8 Å². The lowest BCUT2D eigenvalue weighted by Gasteiger charge is -2.29. The van der Waals surface area contributed by atoms with E-state index in [9.17, 15) is 4.79 Å². The zero-order chi connectivity index (χ0) is 15.7. The number of hydrogen-bond donors (Lipinski definition) is 2. The number of carbonyl (C=O) groups is 1. The Bertz CT molecular complexity index is 502. The lowest BCUT2D eigenvalue weighted by atomic mass is 10.0. The molecule has 1 rings (SSSR count). The maximum atomic E-state index is 12.2. The maximum absolute atomic E-state index is 12.2. The molecule has 114 valence electrons. The first-order chi connectivity index (χ1) is 10.1. The van der Waals surface area contributed by atoms with Gasteiger partial charge in [-0.15, -0.1) is 0 Å². The topological polar surface area (TPSA) is 49.3 Å². The first-order valence-corrected chi connectivity index (χ1v) is 8.36. The van der Waals surface area contributed by atoms with Crippen molar-refractivity contribution in [3.63, 3.8) is 0 Å². The summed E-state index contributed by atoms with van der Waals surface area (Å²) in [7, 11) is 0. The Hall–Kier alpha value is -1.44. The highest BCUT2D eigenvalue weighted by Gasteiger charge is 2.25. The van der Waals surface area contributed by atoms with Crippen molar-refractivity contribution >= 4 is 17.7 Å². The fourth-order valence-electron chi connectivity index (χ4n) is 2.05. The molecule has 1 aromatic carbocycles. The van der Waals surface area contributed by atoms with Crippen molar-refractivity contribution in [1.29, 1.82) is 0 Å². The predicted octanol–water partition coefficient (Wildman–Crippen LogP) is 2.68. The van der Waals surface area contributed by atoms with Gasteiger partial charge in [0, 0.05) is 22.4 Å². The highest BCUT2D eigenvalue weighted by molar-refractivity contribution is 8.00. The summed E-state index contributed by atoms with van der Waals surface area (Å²) < 4.78 is 0.113. The molecule has 0 aliphatic rings. The van der Waals surface area contributed by atoms with E-state index in [4.69, 9.17) is 5.11 Å². The van der Waals surface area contributed by atoms with Crippen LogP contribution in [0.2, 0.25) is 0 Å². The van der Waals surface area contributed by atoms with Crippen molar-refractivity contribution in [2.45, 2.75) is 31.4 Å². The average molecular weight is 305 g/mol. The van der Waals surface area contributed by atoms with Gasteiger partial charge in [0.2, 0.25) is 0 Å². The SMILES string of the molecule is CCC(CC)(CNC(=O)c1ccc(C#CCO)cc1)SC. The van der Waals surface area contributed by atoms with Gasteiger partial charge in [-0.25, -0.2) is 0 Å². The largest absolute Gasteiger partial charge is 0.384 e. The van der Waals surface area contributed by atoms with Crippen LogP contribution < -0.4 is 5.32 Å². The third-order valence-corrected chi connectivity index (χ3v) is 5.34. The molecule has 4 heteroatoms. The third-order valence-electron chi connectivity index (χ3n) is 3.75. The van der Waals surface area contributed by atoms with E-state index in [1.165, 1.54) is 0 Å². The van der Waals surface area contributed by atoms with Crippen LogP contribution in [0.3, 0.4) is 0 Å². The van der Waals surface area contributed by atoms with E-state index in [2.05, 4.69) is 37.3 Å². The van der Waals surface area contributed by atoms with Gasteiger partial charge >= 0.3 is 0 Å². The molecule has 0 bridgehead atoms. The van der Waals surface area contributed by atoms with Crippen LogP contribution in [0, 0.1) is 11.8 Å². The van der Waals surface area contributed by atoms with Crippen LogP contribution >= 0.6 is 11.8 Å². The van der Waals surface area contributed by atoms with Crippen LogP contribution in [0.15, 0.2) is 24.3 Å². The van der Waals surface area contributed by atoms with Crippen LogP contribution in [0.4, 0.5) is 0 Å². The standard InChI is InChI=1S/C17H23NO2S/c1-4-17(5-2,21-3)13-18-16(20)15-10-8-14(9-11-15)7-6-12-19/h8-11,19H,4-5,12-13H2,1-3H3,(H,18,20). The fraction of sp³-hybridized carbons (Fsp3) is 0.471. The fourth-order valence-corrected chi connectivity index (χ4v) is 2.84. The molecule has 3 nitrogen and oxygen atoms in total. The van der Waals surface area contributed by atoms with E-state index in [1.54, 1.807) is 24.3 Å². The number of thioether (sulfide) groups is 1. The molecule has 0 aliphatic carbocycles. The molecule has 0 heterocycles. The minimum atomic E-state index is -0.160. The van der Waals surface area contributed by atoms with Crippen molar-refractivity contribution < 1.29 is 9.90 Å². The molecule has 0 radical (unpaired) electrons. The highest BCUT2D eigenvalue weighted by Crippen LogP contribution is 2.29. The number of rotatable bonds is 6. The highest BCUT2D eigenvalue weighted by atomic mass is 32.2. The van der Waals surface area contributed by atoms with Crippen LogP contribution in [0.1, 0.15) is 42.6 Å². The van der Waals surface area contributed by atoms with E-state index in [-0.39, 0.29) is 17.3 Å². The number of hydrogen-bond acceptors (Lipinski definition) is 3. The Balaban J connectivity index is 2.67. The van der Waals surface area contributed by atoms with Gasteiger partial charge in [-0.05, 0) is 43.4 Å². The normalized spacial score (nSPS) is 10.7. The van der Waals surface area contributed by atoms with Crippen LogP contribution in [-0.2, 0) is 0 Å². The molecule has 0 unspecified atom stereocenters. The van der Waals surface area contributed by atoms with E-state index in [1.807, 2.05) is 11.8 Å². The third kappa shape index (κ3) is 5.11. The van der Waals surface area contributed by atoms with Crippen molar-refractivity contribution in [2.24, 2.45) is 0 Å². The monoisotopic (exact) mass is 305 g/mol. The quantitative estimate of drug-likeness (QED) is 0.795. The van der Waals surface area contributed by atoms with Crippen molar-refractivity contribution in [2.75, 3.05) is 19.4 Å². The van der Waals surface area contributed by atoms with Gasteiger partial charge in [-0.3, -0.25) is 4.79 Å². The van der Waals surface area contributed by atoms with Crippen LogP contribution in [0.5, 0.6) is 0 Å². The van der Waals surface area contributed by atoms with E-state index < -0.39 is 0 Å². The smallest absolute Gasteiger partial charge is 0.251 e. The summed E-state index contributed by atoms with van der Waals surface area (Å²) in [5.74, 6) is 5.33. The Kier molecular flexibility index (Phi) is 7.35. The second-order valence-electron chi connectivity index (χ2n) is 4.81. The predicted molar refractivity (Wildman–Crippen MR) is 89.6 cm³/mol. The average Bonchev–Trinajstić information content (AvgIpc) is 2.55. The van der Waals surface area contributed by atoms with Gasteiger partial charge in [-0.1, -0.05) is 25.7 Å². The zero-order valence-corrected chi connectivity index (χ0v) is 13.7. The van der Waals surface area contributed by atoms with Gasteiger partial charge in [0.25, 0.3) is 5.91 Å². The Morgan fingerprint density at radius 2 is 1.90 bits per heavy atom. The molecule has 0 saturated heterocycles. The van der Waals surface area contributed by atoms with Crippen molar-refractivity contribution in [1.82, 2.24) is 5.32 Å². The van der Waals surface area contributed by atoms with Gasteiger partial charge in [0.15, 0.2) is 0 Å². The van der Waals surface area contributed by atoms with E-state index >= 15 is 0 Å². The molecule has 21 heavy (non-hydrogen) atoms. The maximum Gasteiger partial charge on any atom is 0.251 e. The molecule has 0 saturated carbocycles. The number of aliphatic hydroxyl groups is 1. The number of carbonyl (C=O) groups excluding carboxylic acids is 1. The Morgan fingerprint density at radius 1 is 1.29 bits per heavy atom. The summed E-state index contributed by atoms with van der Waals surface area (Å²) in [4.78, 5) is 12.2. The molecular formula is C17H23NO2S. The van der Waals surface area contributed by atoms with Gasteiger partial charge in [0.05, 0.1) is 0 Å². The van der Waals surface area contributed by atoms with Gasteiger partial charge < -0.3 is 10.4 Å². The van der Waals surface area contributed by atoms with Crippen LogP contribution in [0.25, 0.3) is 0 Å². The molecule has 0 aliphatic heterocycles. The molecule has 0 atom stereocenters. The molecule has 0 spiro atoms. The van der Waals surface area contributed by atoms with Crippen molar-refractivity contribution in [3.05, 3.63) is 35.4 Å². The molecule has 0 fully saturated rings. The minimum Gasteiger partial charge on any atom is -0.384 e. The molecule has 1 aromatic rings. The van der Waals surface area contributed by atoms with Gasteiger partial charge in [-0.2, -0.15) is 11.8 Å². The number of amides is 1. The molecular weight excluding hydrogens is 282 g/mol. The zero-order valence-electron chi connectivity index (χ0n) is 12.9. The van der Waals surface area contributed by atoms with E-state index in [0.29, 0.717) is 12.1 Å². The summed E-state index contributed by atoms with van der Waals surface area (Å²) >= 11 is 1.81. The van der Waals surface area contributed by atoms with E-state index in [0.717, 1.165) is 18.4 Å². The second-order valence-corrected chi connectivity index (χ2v) is 6.09. The number of benzene rings is 1. The Morgan fingerprint density at radius 3 is 2.38 bits per heavy atom. The summed E-state index contributed by atoms with van der Waals surface area (Å²) in [6, 6.07) is 7.10. The lowest BCUT2D eigenvalue weighted by Crippen LogP contribution is -2.39. The molecule has 1 amide bonds. The van der Waals surface area contributed by atoms with Gasteiger partial charge in [0.1, 0.15) is 6.61 Å². The molecule has 0 aromatic heterocycles. The summed E-state index contributed by atoms with van der Waals surface area (Å²) in [5.41, 5.74) is 1.42. The lowest BCUT2D eigenvalue weighted by molar-refractivity contribution is 0.0949. The minimum absolute atomic E-state index is 0.0583. The summed E-state index contributed by atoms with van der Waals surface area (Å²) in [5, 5.41) is 11.7. The summed E-state index contributed by atoms with van der Waals surface area (Å²) in [6.07, 6.45) is 4.15. The molecule has 2 N–H and O–H groups in total. The number of nitrogens with one attached hydrogen (secondary N) is 1. The summed E-state index contributed by atoms with van der Waals surface area (Å²) in [6.45, 7) is 4.82. The Labute approximate surface area is 131 Å². The second kappa shape index (κ2) is 8.76. The first kappa shape index (κ1) is 17.6. The number of aliphatic hydroxyl groups excluding tert-OH is 1.